The first kappa shape index (κ1) is 16.7. The molecule has 104 valence electrons. The van der Waals surface area contributed by atoms with E-state index >= 15 is 0 Å². The average Bonchev–Trinajstić information content (AvgIpc) is 2.25. The van der Waals surface area contributed by atoms with Crippen molar-refractivity contribution in [3.05, 3.63) is 23.6 Å². The van der Waals surface area contributed by atoms with Crippen LogP contribution in [0.5, 0.6) is 0 Å². The SMILES string of the molecule is CC\C=C/N=C(CC)\C(CC)=C(\C)OC(F)(F)F. The maximum Gasteiger partial charge on any atom is 0.572 e. The van der Waals surface area contributed by atoms with Crippen LogP contribution in [-0.4, -0.2) is 12.1 Å². The number of rotatable bonds is 6. The van der Waals surface area contributed by atoms with Crippen LogP contribution in [0.1, 0.15) is 47.0 Å². The van der Waals surface area contributed by atoms with E-state index in [1.54, 1.807) is 13.1 Å². The predicted octanol–water partition coefficient (Wildman–Crippen LogP) is 4.98. The minimum Gasteiger partial charge on any atom is -0.410 e. The maximum atomic E-state index is 12.2. The Labute approximate surface area is 106 Å². The van der Waals surface area contributed by atoms with E-state index in [4.69, 9.17) is 0 Å². The highest BCUT2D eigenvalue weighted by Gasteiger charge is 2.32. The van der Waals surface area contributed by atoms with Gasteiger partial charge in [-0.25, -0.2) is 0 Å². The summed E-state index contributed by atoms with van der Waals surface area (Å²) >= 11 is 0. The van der Waals surface area contributed by atoms with E-state index in [9.17, 15) is 13.2 Å². The zero-order valence-corrected chi connectivity index (χ0v) is 11.3. The number of nitrogens with zero attached hydrogens (tertiary/aromatic N) is 1. The Morgan fingerprint density at radius 2 is 1.78 bits per heavy atom. The Morgan fingerprint density at radius 1 is 1.17 bits per heavy atom. The summed E-state index contributed by atoms with van der Waals surface area (Å²) in [4.78, 5) is 4.19. The van der Waals surface area contributed by atoms with Crippen molar-refractivity contribution >= 4 is 5.71 Å². The molecule has 0 radical (unpaired) electrons. The molecular formula is C13H20F3NO. The second-order valence-corrected chi connectivity index (χ2v) is 3.66. The van der Waals surface area contributed by atoms with Gasteiger partial charge in [0.25, 0.3) is 0 Å². The molecule has 0 aromatic heterocycles. The molecule has 18 heavy (non-hydrogen) atoms. The number of ether oxygens (including phenoxy) is 1. The molecule has 0 saturated carbocycles. The third-order valence-electron chi connectivity index (χ3n) is 2.30. The summed E-state index contributed by atoms with van der Waals surface area (Å²) in [6, 6.07) is 0. The molecule has 0 aliphatic carbocycles. The van der Waals surface area contributed by atoms with Crippen molar-refractivity contribution in [2.75, 3.05) is 0 Å². The van der Waals surface area contributed by atoms with Crippen LogP contribution in [0.3, 0.4) is 0 Å². The van der Waals surface area contributed by atoms with E-state index in [1.165, 1.54) is 6.92 Å². The number of hydrogen-bond donors (Lipinski definition) is 0. The van der Waals surface area contributed by atoms with Crippen LogP contribution in [-0.2, 0) is 4.74 Å². The third kappa shape index (κ3) is 6.47. The first-order valence-corrected chi connectivity index (χ1v) is 6.03. The Morgan fingerprint density at radius 3 is 2.17 bits per heavy atom. The summed E-state index contributed by atoms with van der Waals surface area (Å²) in [6.07, 6.45) is 0.675. The minimum absolute atomic E-state index is 0.129. The molecule has 0 rings (SSSR count). The van der Waals surface area contributed by atoms with Crippen LogP contribution < -0.4 is 0 Å². The van der Waals surface area contributed by atoms with E-state index in [2.05, 4.69) is 9.73 Å². The van der Waals surface area contributed by atoms with Gasteiger partial charge in [0.05, 0.1) is 0 Å². The summed E-state index contributed by atoms with van der Waals surface area (Å²) < 4.78 is 40.5. The van der Waals surface area contributed by atoms with Crippen molar-refractivity contribution in [2.24, 2.45) is 4.99 Å². The quantitative estimate of drug-likeness (QED) is 0.489. The normalized spacial score (nSPS) is 14.9. The standard InChI is InChI=1S/C13H20F3NO/c1-5-8-9-17-12(7-3)11(6-2)10(4)18-13(14,15)16/h8-9H,5-7H2,1-4H3/b9-8-,11-10-,17-12-. The summed E-state index contributed by atoms with van der Waals surface area (Å²) in [5.74, 6) is -0.129. The highest BCUT2D eigenvalue weighted by atomic mass is 19.4. The summed E-state index contributed by atoms with van der Waals surface area (Å²) in [6.45, 7) is 6.93. The Balaban J connectivity index is 5.18. The first-order chi connectivity index (χ1) is 8.35. The fourth-order valence-electron chi connectivity index (χ4n) is 1.52. The molecule has 5 heteroatoms. The molecular weight excluding hydrogens is 243 g/mol. The second-order valence-electron chi connectivity index (χ2n) is 3.66. The van der Waals surface area contributed by atoms with E-state index in [0.29, 0.717) is 24.1 Å². The van der Waals surface area contributed by atoms with Crippen molar-refractivity contribution in [1.29, 1.82) is 0 Å². The number of hydrogen-bond acceptors (Lipinski definition) is 2. The zero-order valence-electron chi connectivity index (χ0n) is 11.3. The van der Waals surface area contributed by atoms with Gasteiger partial charge in [-0.3, -0.25) is 4.99 Å². The Hall–Kier alpha value is -1.26. The van der Waals surface area contributed by atoms with Crippen LogP contribution in [0.4, 0.5) is 13.2 Å². The minimum atomic E-state index is -4.65. The van der Waals surface area contributed by atoms with Gasteiger partial charge in [-0.15, -0.1) is 13.2 Å². The van der Waals surface area contributed by atoms with Gasteiger partial charge >= 0.3 is 6.36 Å². The van der Waals surface area contributed by atoms with Crippen LogP contribution in [0.25, 0.3) is 0 Å². The van der Waals surface area contributed by atoms with Crippen molar-refractivity contribution in [2.45, 2.75) is 53.3 Å². The highest BCUT2D eigenvalue weighted by Crippen LogP contribution is 2.24. The van der Waals surface area contributed by atoms with Crippen LogP contribution in [0.15, 0.2) is 28.6 Å². The Bertz CT molecular complexity index is 341. The van der Waals surface area contributed by atoms with Crippen molar-refractivity contribution in [3.8, 4) is 0 Å². The topological polar surface area (TPSA) is 21.6 Å². The van der Waals surface area contributed by atoms with Crippen LogP contribution in [0.2, 0.25) is 0 Å². The summed E-state index contributed by atoms with van der Waals surface area (Å²) in [5.41, 5.74) is 1.14. The number of halogens is 3. The molecule has 0 bridgehead atoms. The molecule has 0 N–H and O–H groups in total. The van der Waals surface area contributed by atoms with Gasteiger partial charge in [-0.05, 0) is 26.2 Å². The molecule has 0 fully saturated rings. The predicted molar refractivity (Wildman–Crippen MR) is 67.3 cm³/mol. The lowest BCUT2D eigenvalue weighted by Crippen LogP contribution is -2.15. The first-order valence-electron chi connectivity index (χ1n) is 6.03. The average molecular weight is 263 g/mol. The van der Waals surface area contributed by atoms with E-state index in [-0.39, 0.29) is 5.76 Å². The zero-order chi connectivity index (χ0) is 14.2. The van der Waals surface area contributed by atoms with Crippen molar-refractivity contribution < 1.29 is 17.9 Å². The summed E-state index contributed by atoms with van der Waals surface area (Å²) in [5, 5.41) is 0. The van der Waals surface area contributed by atoms with Gasteiger partial charge in [-0.2, -0.15) is 0 Å². The molecule has 0 aromatic rings. The van der Waals surface area contributed by atoms with Gasteiger partial charge in [0.2, 0.25) is 0 Å². The lowest BCUT2D eigenvalue weighted by atomic mass is 10.0. The van der Waals surface area contributed by atoms with Gasteiger partial charge in [-0.1, -0.05) is 26.8 Å². The third-order valence-corrected chi connectivity index (χ3v) is 2.30. The van der Waals surface area contributed by atoms with E-state index < -0.39 is 6.36 Å². The maximum absolute atomic E-state index is 12.2. The second kappa shape index (κ2) is 7.95. The van der Waals surface area contributed by atoms with Gasteiger partial charge in [0.1, 0.15) is 5.76 Å². The lowest BCUT2D eigenvalue weighted by molar-refractivity contribution is -0.305. The van der Waals surface area contributed by atoms with E-state index in [1.807, 2.05) is 19.9 Å². The monoisotopic (exact) mass is 263 g/mol. The van der Waals surface area contributed by atoms with Crippen LogP contribution in [0, 0.1) is 0 Å². The highest BCUT2D eigenvalue weighted by molar-refractivity contribution is 6.00. The Kier molecular flexibility index (Phi) is 7.39. The van der Waals surface area contributed by atoms with Crippen molar-refractivity contribution in [1.82, 2.24) is 0 Å². The van der Waals surface area contributed by atoms with Gasteiger partial charge in [0, 0.05) is 17.5 Å². The molecule has 0 aromatic carbocycles. The molecule has 2 nitrogen and oxygen atoms in total. The number of alkyl halides is 3. The van der Waals surface area contributed by atoms with Gasteiger partial charge in [0.15, 0.2) is 0 Å². The summed E-state index contributed by atoms with van der Waals surface area (Å²) in [7, 11) is 0. The molecule has 0 saturated heterocycles. The molecule has 0 amide bonds. The lowest BCUT2D eigenvalue weighted by Gasteiger charge is -2.14. The molecule has 0 aliphatic rings. The van der Waals surface area contributed by atoms with Gasteiger partial charge < -0.3 is 4.74 Å². The molecule has 0 heterocycles. The smallest absolute Gasteiger partial charge is 0.410 e. The van der Waals surface area contributed by atoms with Crippen LogP contribution >= 0.6 is 0 Å². The molecule has 0 atom stereocenters. The molecule has 0 spiro atoms. The van der Waals surface area contributed by atoms with E-state index in [0.717, 1.165) is 6.42 Å². The number of aliphatic imine (C=N–C) groups is 1. The number of allylic oxidation sites excluding steroid dienone is 3. The molecule has 0 unspecified atom stereocenters. The fourth-order valence-corrected chi connectivity index (χ4v) is 1.52. The van der Waals surface area contributed by atoms with Crippen molar-refractivity contribution in [3.63, 3.8) is 0 Å². The fraction of sp³-hybridized carbons (Fsp3) is 0.615. The molecule has 0 aliphatic heterocycles. The largest absolute Gasteiger partial charge is 0.572 e.